The quantitative estimate of drug-likeness (QED) is 0.834. The Morgan fingerprint density at radius 3 is 3.00 bits per heavy atom. The van der Waals surface area contributed by atoms with E-state index in [4.69, 9.17) is 10.3 Å². The van der Waals surface area contributed by atoms with Crippen LogP contribution in [0.3, 0.4) is 0 Å². The molecule has 0 amide bonds. The predicted molar refractivity (Wildman–Crippen MR) is 57.2 cm³/mol. The number of aromatic nitrogens is 4. The van der Waals surface area contributed by atoms with Crippen molar-refractivity contribution in [1.82, 2.24) is 20.1 Å². The van der Waals surface area contributed by atoms with Crippen LogP contribution in [0.5, 0.6) is 0 Å². The Bertz CT molecular complexity index is 441. The van der Waals surface area contributed by atoms with Gasteiger partial charge in [-0.05, 0) is 6.42 Å². The molecular formula is C10H13N5O. The Morgan fingerprint density at radius 1 is 1.44 bits per heavy atom. The minimum atomic E-state index is -0.206. The molecule has 2 heterocycles. The summed E-state index contributed by atoms with van der Waals surface area (Å²) in [5.74, 6) is 0.872. The van der Waals surface area contributed by atoms with Crippen LogP contribution in [0.2, 0.25) is 0 Å². The average Bonchev–Trinajstić information content (AvgIpc) is 2.80. The second-order valence-electron chi connectivity index (χ2n) is 3.44. The fourth-order valence-corrected chi connectivity index (χ4v) is 1.34. The molecule has 0 spiro atoms. The van der Waals surface area contributed by atoms with Crippen LogP contribution in [0, 0.1) is 0 Å². The molecule has 0 fully saturated rings. The van der Waals surface area contributed by atoms with Crippen molar-refractivity contribution >= 4 is 0 Å². The van der Waals surface area contributed by atoms with Crippen molar-refractivity contribution in [3.05, 3.63) is 24.5 Å². The van der Waals surface area contributed by atoms with E-state index in [0.717, 1.165) is 12.8 Å². The first-order chi connectivity index (χ1) is 7.81. The van der Waals surface area contributed by atoms with Gasteiger partial charge in [-0.25, -0.2) is 4.98 Å². The minimum Gasteiger partial charge on any atom is -0.337 e. The maximum absolute atomic E-state index is 5.86. The smallest absolute Gasteiger partial charge is 0.243 e. The van der Waals surface area contributed by atoms with Crippen molar-refractivity contribution in [2.45, 2.75) is 25.8 Å². The Kier molecular flexibility index (Phi) is 3.21. The molecule has 2 aromatic heterocycles. The number of nitrogens with two attached hydrogens (primary N) is 1. The van der Waals surface area contributed by atoms with Gasteiger partial charge in [0.2, 0.25) is 11.7 Å². The first kappa shape index (κ1) is 10.7. The highest BCUT2D eigenvalue weighted by atomic mass is 16.5. The molecule has 0 bridgehead atoms. The second-order valence-corrected chi connectivity index (χ2v) is 3.44. The monoisotopic (exact) mass is 219 g/mol. The zero-order valence-corrected chi connectivity index (χ0v) is 9.00. The Hall–Kier alpha value is -1.82. The molecule has 1 unspecified atom stereocenters. The molecule has 0 saturated carbocycles. The lowest BCUT2D eigenvalue weighted by molar-refractivity contribution is 0.348. The van der Waals surface area contributed by atoms with Gasteiger partial charge in [0.1, 0.15) is 5.69 Å². The van der Waals surface area contributed by atoms with Gasteiger partial charge in [-0.1, -0.05) is 18.5 Å². The van der Waals surface area contributed by atoms with Gasteiger partial charge in [-0.15, -0.1) is 0 Å². The first-order valence-corrected chi connectivity index (χ1v) is 5.17. The molecule has 0 saturated heterocycles. The highest BCUT2D eigenvalue weighted by molar-refractivity contribution is 5.45. The Morgan fingerprint density at radius 2 is 2.31 bits per heavy atom. The second kappa shape index (κ2) is 4.80. The van der Waals surface area contributed by atoms with Gasteiger partial charge < -0.3 is 10.3 Å². The van der Waals surface area contributed by atoms with E-state index in [-0.39, 0.29) is 6.04 Å². The van der Waals surface area contributed by atoms with Crippen molar-refractivity contribution in [2.75, 3.05) is 0 Å². The summed E-state index contributed by atoms with van der Waals surface area (Å²) in [7, 11) is 0. The van der Waals surface area contributed by atoms with Crippen molar-refractivity contribution in [3.63, 3.8) is 0 Å². The number of hydrogen-bond acceptors (Lipinski definition) is 6. The van der Waals surface area contributed by atoms with Crippen LogP contribution in [0.15, 0.2) is 23.1 Å². The summed E-state index contributed by atoms with van der Waals surface area (Å²) in [4.78, 5) is 12.2. The number of rotatable bonds is 4. The maximum atomic E-state index is 5.86. The summed E-state index contributed by atoms with van der Waals surface area (Å²) in [6.45, 7) is 2.06. The van der Waals surface area contributed by atoms with Gasteiger partial charge in [-0.2, -0.15) is 4.98 Å². The number of hydrogen-bond donors (Lipinski definition) is 1. The predicted octanol–water partition coefficient (Wildman–Crippen LogP) is 1.33. The SMILES string of the molecule is CCCC(N)c1nc(-c2cnccn2)no1. The topological polar surface area (TPSA) is 90.7 Å². The van der Waals surface area contributed by atoms with E-state index in [1.54, 1.807) is 18.6 Å². The summed E-state index contributed by atoms with van der Waals surface area (Å²) in [6, 6.07) is -0.206. The summed E-state index contributed by atoms with van der Waals surface area (Å²) in [5.41, 5.74) is 6.45. The first-order valence-electron chi connectivity index (χ1n) is 5.17. The van der Waals surface area contributed by atoms with Crippen molar-refractivity contribution in [2.24, 2.45) is 5.73 Å². The fraction of sp³-hybridized carbons (Fsp3) is 0.400. The van der Waals surface area contributed by atoms with E-state index in [0.29, 0.717) is 17.4 Å². The van der Waals surface area contributed by atoms with E-state index in [2.05, 4.69) is 27.0 Å². The molecule has 16 heavy (non-hydrogen) atoms. The summed E-state index contributed by atoms with van der Waals surface area (Å²) >= 11 is 0. The van der Waals surface area contributed by atoms with E-state index in [1.165, 1.54) is 0 Å². The van der Waals surface area contributed by atoms with E-state index in [1.807, 2.05) is 0 Å². The van der Waals surface area contributed by atoms with Crippen LogP contribution in [0.1, 0.15) is 31.7 Å². The van der Waals surface area contributed by atoms with E-state index < -0.39 is 0 Å². The highest BCUT2D eigenvalue weighted by Gasteiger charge is 2.15. The third-order valence-electron chi connectivity index (χ3n) is 2.15. The van der Waals surface area contributed by atoms with Crippen molar-refractivity contribution in [3.8, 4) is 11.5 Å². The molecular weight excluding hydrogens is 206 g/mol. The maximum Gasteiger partial charge on any atom is 0.243 e. The molecule has 0 aliphatic heterocycles. The van der Waals surface area contributed by atoms with Crippen LogP contribution in [-0.2, 0) is 0 Å². The molecule has 1 atom stereocenters. The third-order valence-corrected chi connectivity index (χ3v) is 2.15. The lowest BCUT2D eigenvalue weighted by Crippen LogP contribution is -2.09. The van der Waals surface area contributed by atoms with E-state index >= 15 is 0 Å². The normalized spacial score (nSPS) is 12.6. The Balaban J connectivity index is 2.20. The zero-order chi connectivity index (χ0) is 11.4. The van der Waals surface area contributed by atoms with Crippen LogP contribution in [-0.4, -0.2) is 20.1 Å². The average molecular weight is 219 g/mol. The third kappa shape index (κ3) is 2.22. The molecule has 0 aromatic carbocycles. The van der Waals surface area contributed by atoms with Crippen LogP contribution in [0.25, 0.3) is 11.5 Å². The molecule has 2 N–H and O–H groups in total. The van der Waals surface area contributed by atoms with Crippen molar-refractivity contribution < 1.29 is 4.52 Å². The summed E-state index contributed by atoms with van der Waals surface area (Å²) in [6.07, 6.45) is 6.55. The van der Waals surface area contributed by atoms with E-state index in [9.17, 15) is 0 Å². The standard InChI is InChI=1S/C10H13N5O/c1-2-3-7(11)10-14-9(15-16-10)8-6-12-4-5-13-8/h4-7H,2-3,11H2,1H3. The van der Waals surface area contributed by atoms with Crippen LogP contribution >= 0.6 is 0 Å². The van der Waals surface area contributed by atoms with Gasteiger partial charge in [0.15, 0.2) is 0 Å². The Labute approximate surface area is 92.9 Å². The molecule has 0 radical (unpaired) electrons. The molecule has 6 nitrogen and oxygen atoms in total. The fourth-order valence-electron chi connectivity index (χ4n) is 1.34. The summed E-state index contributed by atoms with van der Waals surface area (Å²) < 4.78 is 5.08. The van der Waals surface area contributed by atoms with Gasteiger partial charge in [0.05, 0.1) is 12.2 Å². The zero-order valence-electron chi connectivity index (χ0n) is 9.00. The molecule has 84 valence electrons. The lowest BCUT2D eigenvalue weighted by Gasteiger charge is -2.01. The highest BCUT2D eigenvalue weighted by Crippen LogP contribution is 2.17. The van der Waals surface area contributed by atoms with Crippen LogP contribution in [0.4, 0.5) is 0 Å². The van der Waals surface area contributed by atoms with Crippen molar-refractivity contribution in [1.29, 1.82) is 0 Å². The molecule has 0 aliphatic rings. The number of nitrogens with zero attached hydrogens (tertiary/aromatic N) is 4. The van der Waals surface area contributed by atoms with Gasteiger partial charge >= 0.3 is 0 Å². The molecule has 2 aromatic rings. The summed E-state index contributed by atoms with van der Waals surface area (Å²) in [5, 5.41) is 3.82. The molecule has 6 heteroatoms. The van der Waals surface area contributed by atoms with Gasteiger partial charge in [0.25, 0.3) is 0 Å². The minimum absolute atomic E-state index is 0.206. The molecule has 2 rings (SSSR count). The molecule has 0 aliphatic carbocycles. The van der Waals surface area contributed by atoms with Crippen LogP contribution < -0.4 is 5.73 Å². The van der Waals surface area contributed by atoms with Gasteiger partial charge in [0, 0.05) is 12.4 Å². The largest absolute Gasteiger partial charge is 0.337 e. The lowest BCUT2D eigenvalue weighted by atomic mass is 10.2. The van der Waals surface area contributed by atoms with Gasteiger partial charge in [-0.3, -0.25) is 4.98 Å².